The Morgan fingerprint density at radius 3 is 2.33 bits per heavy atom. The zero-order valence-corrected chi connectivity index (χ0v) is 9.87. The fourth-order valence-electron chi connectivity index (χ4n) is 1.54. The van der Waals surface area contributed by atoms with Crippen molar-refractivity contribution in [3.63, 3.8) is 0 Å². The molecule has 4 heteroatoms. The number of rotatable bonds is 3. The molecule has 18 heavy (non-hydrogen) atoms. The maximum absolute atomic E-state index is 10.7. The highest BCUT2D eigenvalue weighted by atomic mass is 16.4. The lowest BCUT2D eigenvalue weighted by Crippen LogP contribution is -1.95. The number of carboxylic acids is 1. The highest BCUT2D eigenvalue weighted by molar-refractivity contribution is 5.88. The molecule has 1 N–H and O–H groups in total. The molecule has 0 aliphatic rings. The highest BCUT2D eigenvalue weighted by Crippen LogP contribution is 2.14. The Bertz CT molecular complexity index is 575. The number of hydrogen-bond donors (Lipinski definition) is 1. The van der Waals surface area contributed by atoms with Crippen LogP contribution in [0.4, 0.5) is 0 Å². The molecule has 0 aliphatic carbocycles. The lowest BCUT2D eigenvalue weighted by Gasteiger charge is -2.00. The van der Waals surface area contributed by atoms with Gasteiger partial charge in [-0.1, -0.05) is 12.1 Å². The van der Waals surface area contributed by atoms with Crippen LogP contribution >= 0.6 is 0 Å². The zero-order valence-electron chi connectivity index (χ0n) is 9.87. The average molecular weight is 240 g/mol. The highest BCUT2D eigenvalue weighted by Gasteiger charge is 2.02. The van der Waals surface area contributed by atoms with Gasteiger partial charge in [-0.05, 0) is 42.3 Å². The van der Waals surface area contributed by atoms with Crippen LogP contribution in [0.5, 0.6) is 0 Å². The van der Waals surface area contributed by atoms with E-state index in [2.05, 4.69) is 9.97 Å². The van der Waals surface area contributed by atoms with Crippen molar-refractivity contribution in [1.82, 2.24) is 9.97 Å². The summed E-state index contributed by atoms with van der Waals surface area (Å²) in [7, 11) is 0. The van der Waals surface area contributed by atoms with Gasteiger partial charge in [-0.15, -0.1) is 0 Å². The van der Waals surface area contributed by atoms with Gasteiger partial charge < -0.3 is 5.11 Å². The second-order valence-electron chi connectivity index (χ2n) is 3.83. The molecule has 0 spiro atoms. The topological polar surface area (TPSA) is 63.1 Å². The molecule has 1 aromatic heterocycles. The van der Waals surface area contributed by atoms with Gasteiger partial charge in [-0.25, -0.2) is 14.8 Å². The number of benzene rings is 1. The quantitative estimate of drug-likeness (QED) is 0.895. The molecule has 90 valence electrons. The normalized spacial score (nSPS) is 11.3. The molecule has 2 rings (SSSR count). The maximum atomic E-state index is 10.7. The van der Waals surface area contributed by atoms with Crippen LogP contribution in [0, 0.1) is 0 Å². The number of aromatic nitrogens is 2. The second-order valence-corrected chi connectivity index (χ2v) is 3.83. The zero-order chi connectivity index (χ0) is 13.0. The molecule has 0 unspecified atom stereocenters. The molecule has 0 saturated carbocycles. The van der Waals surface area contributed by atoms with Crippen molar-refractivity contribution in [3.05, 3.63) is 59.7 Å². The molecule has 0 amide bonds. The second kappa shape index (κ2) is 5.23. The minimum atomic E-state index is -0.923. The summed E-state index contributed by atoms with van der Waals surface area (Å²) in [5.74, 6) is -0.256. The van der Waals surface area contributed by atoms with Gasteiger partial charge in [0.05, 0.1) is 5.56 Å². The minimum Gasteiger partial charge on any atom is -0.478 e. The number of carboxylic acid groups (broad SMARTS) is 1. The molecular formula is C14H12N2O2. The van der Waals surface area contributed by atoms with Gasteiger partial charge in [-0.3, -0.25) is 0 Å². The van der Waals surface area contributed by atoms with Gasteiger partial charge in [0.2, 0.25) is 0 Å². The third-order valence-corrected chi connectivity index (χ3v) is 2.46. The van der Waals surface area contributed by atoms with Crippen LogP contribution < -0.4 is 0 Å². The van der Waals surface area contributed by atoms with E-state index in [4.69, 9.17) is 5.11 Å². The summed E-state index contributed by atoms with van der Waals surface area (Å²) in [6.45, 7) is 1.92. The molecule has 0 saturated heterocycles. The van der Waals surface area contributed by atoms with E-state index in [9.17, 15) is 4.79 Å². The molecule has 0 radical (unpaired) electrons. The molecule has 0 aliphatic heterocycles. The Hall–Kier alpha value is -2.49. The SMILES string of the molecule is C/C(=C/c1ccc(C(=O)O)cc1)c1ncccn1. The summed E-state index contributed by atoms with van der Waals surface area (Å²) < 4.78 is 0. The third-order valence-electron chi connectivity index (χ3n) is 2.46. The van der Waals surface area contributed by atoms with Crippen molar-refractivity contribution in [1.29, 1.82) is 0 Å². The lowest BCUT2D eigenvalue weighted by atomic mass is 10.1. The standard InChI is InChI=1S/C14H12N2O2/c1-10(13-15-7-2-8-16-13)9-11-3-5-12(6-4-11)14(17)18/h2-9H,1H3,(H,17,18)/b10-9-. The molecule has 1 aromatic carbocycles. The average Bonchev–Trinajstić information content (AvgIpc) is 2.40. The number of aromatic carboxylic acids is 1. The first-order valence-electron chi connectivity index (χ1n) is 5.46. The van der Waals surface area contributed by atoms with Gasteiger partial charge in [0, 0.05) is 12.4 Å². The molecular weight excluding hydrogens is 228 g/mol. The van der Waals surface area contributed by atoms with Gasteiger partial charge >= 0.3 is 5.97 Å². The Labute approximate surface area is 105 Å². The Kier molecular flexibility index (Phi) is 3.48. The number of nitrogens with zero attached hydrogens (tertiary/aromatic N) is 2. The Morgan fingerprint density at radius 1 is 1.17 bits per heavy atom. The van der Waals surface area contributed by atoms with Crippen LogP contribution in [0.15, 0.2) is 42.7 Å². The third kappa shape index (κ3) is 2.79. The smallest absolute Gasteiger partial charge is 0.335 e. The van der Waals surface area contributed by atoms with Crippen molar-refractivity contribution in [2.24, 2.45) is 0 Å². The van der Waals surface area contributed by atoms with E-state index in [1.54, 1.807) is 42.7 Å². The Morgan fingerprint density at radius 2 is 1.78 bits per heavy atom. The first-order chi connectivity index (χ1) is 8.66. The molecule has 0 bridgehead atoms. The lowest BCUT2D eigenvalue weighted by molar-refractivity contribution is 0.0697. The van der Waals surface area contributed by atoms with Crippen LogP contribution in [-0.4, -0.2) is 21.0 Å². The molecule has 1 heterocycles. The first kappa shape index (κ1) is 12.0. The summed E-state index contributed by atoms with van der Waals surface area (Å²) >= 11 is 0. The summed E-state index contributed by atoms with van der Waals surface area (Å²) in [5.41, 5.74) is 2.13. The van der Waals surface area contributed by atoms with Crippen LogP contribution in [0.2, 0.25) is 0 Å². The van der Waals surface area contributed by atoms with Gasteiger partial charge in [0.25, 0.3) is 0 Å². The van der Waals surface area contributed by atoms with Gasteiger partial charge in [0.1, 0.15) is 0 Å². The summed E-state index contributed by atoms with van der Waals surface area (Å²) in [6.07, 6.45) is 5.29. The van der Waals surface area contributed by atoms with E-state index in [1.165, 1.54) is 0 Å². The number of hydrogen-bond acceptors (Lipinski definition) is 3. The monoisotopic (exact) mass is 240 g/mol. The van der Waals surface area contributed by atoms with Crippen molar-refractivity contribution in [2.75, 3.05) is 0 Å². The maximum Gasteiger partial charge on any atom is 0.335 e. The van der Waals surface area contributed by atoms with Crippen LogP contribution in [-0.2, 0) is 0 Å². The fraction of sp³-hybridized carbons (Fsp3) is 0.0714. The van der Waals surface area contributed by atoms with Crippen molar-refractivity contribution in [2.45, 2.75) is 6.92 Å². The van der Waals surface area contributed by atoms with Crippen LogP contribution in [0.1, 0.15) is 28.7 Å². The summed E-state index contributed by atoms with van der Waals surface area (Å²) in [5, 5.41) is 8.80. The van der Waals surface area contributed by atoms with E-state index in [-0.39, 0.29) is 5.56 Å². The molecule has 4 nitrogen and oxygen atoms in total. The van der Waals surface area contributed by atoms with Gasteiger partial charge in [-0.2, -0.15) is 0 Å². The number of carbonyl (C=O) groups is 1. The van der Waals surface area contributed by atoms with E-state index >= 15 is 0 Å². The van der Waals surface area contributed by atoms with E-state index in [0.717, 1.165) is 11.1 Å². The largest absolute Gasteiger partial charge is 0.478 e. The molecule has 0 fully saturated rings. The van der Waals surface area contributed by atoms with Crippen LogP contribution in [0.3, 0.4) is 0 Å². The molecule has 0 atom stereocenters. The summed E-state index contributed by atoms with van der Waals surface area (Å²) in [6, 6.07) is 8.44. The minimum absolute atomic E-state index is 0.278. The summed E-state index contributed by atoms with van der Waals surface area (Å²) in [4.78, 5) is 19.0. The first-order valence-corrected chi connectivity index (χ1v) is 5.46. The molecule has 2 aromatic rings. The van der Waals surface area contributed by atoms with E-state index in [1.807, 2.05) is 13.0 Å². The number of allylic oxidation sites excluding steroid dienone is 1. The van der Waals surface area contributed by atoms with Crippen molar-refractivity contribution < 1.29 is 9.90 Å². The predicted octanol–water partition coefficient (Wildman–Crippen LogP) is 2.74. The van der Waals surface area contributed by atoms with Crippen molar-refractivity contribution >= 4 is 17.6 Å². The fourth-order valence-corrected chi connectivity index (χ4v) is 1.54. The van der Waals surface area contributed by atoms with Crippen LogP contribution in [0.25, 0.3) is 11.6 Å². The predicted molar refractivity (Wildman–Crippen MR) is 69.0 cm³/mol. The Balaban J connectivity index is 2.25. The van der Waals surface area contributed by atoms with Crippen molar-refractivity contribution in [3.8, 4) is 0 Å². The van der Waals surface area contributed by atoms with E-state index < -0.39 is 5.97 Å². The van der Waals surface area contributed by atoms with Gasteiger partial charge in [0.15, 0.2) is 5.82 Å². The van der Waals surface area contributed by atoms with E-state index in [0.29, 0.717) is 5.82 Å².